The molecule has 0 unspecified atom stereocenters. The van der Waals surface area contributed by atoms with Crippen molar-refractivity contribution in [1.29, 1.82) is 0 Å². The molecule has 2 aromatic rings. The SMILES string of the molecule is O=P(NCC12CC3CC(CC(C3)C1)C2)(Oc1ccccc1)Oc1ccccc1. The van der Waals surface area contributed by atoms with Gasteiger partial charge in [0.05, 0.1) is 0 Å². The number of rotatable bonds is 7. The lowest BCUT2D eigenvalue weighted by Gasteiger charge is -2.57. The van der Waals surface area contributed by atoms with E-state index in [4.69, 9.17) is 9.05 Å². The molecule has 0 radical (unpaired) electrons. The molecule has 4 saturated carbocycles. The van der Waals surface area contributed by atoms with Crippen LogP contribution in [0.5, 0.6) is 11.5 Å². The van der Waals surface area contributed by atoms with Crippen LogP contribution in [0.15, 0.2) is 60.7 Å². The third-order valence-corrected chi connectivity index (χ3v) is 8.20. The van der Waals surface area contributed by atoms with Crippen molar-refractivity contribution in [1.82, 2.24) is 5.09 Å². The minimum Gasteiger partial charge on any atom is -0.405 e. The summed E-state index contributed by atoms with van der Waals surface area (Å²) in [6, 6.07) is 18.6. The van der Waals surface area contributed by atoms with E-state index >= 15 is 0 Å². The van der Waals surface area contributed by atoms with Crippen LogP contribution in [-0.4, -0.2) is 6.54 Å². The van der Waals surface area contributed by atoms with E-state index in [2.05, 4.69) is 5.09 Å². The lowest BCUT2D eigenvalue weighted by molar-refractivity contribution is -0.0492. The predicted octanol–water partition coefficient (Wildman–Crippen LogP) is 6.06. The molecule has 0 amide bonds. The van der Waals surface area contributed by atoms with Gasteiger partial charge in [0.1, 0.15) is 11.5 Å². The Kier molecular flexibility index (Phi) is 4.72. The Labute approximate surface area is 167 Å². The largest absolute Gasteiger partial charge is 0.512 e. The molecule has 1 N–H and O–H groups in total. The van der Waals surface area contributed by atoms with Crippen LogP contribution in [-0.2, 0) is 4.57 Å². The molecule has 28 heavy (non-hydrogen) atoms. The maximum atomic E-state index is 13.7. The van der Waals surface area contributed by atoms with Crippen molar-refractivity contribution in [3.63, 3.8) is 0 Å². The van der Waals surface area contributed by atoms with Crippen molar-refractivity contribution in [2.24, 2.45) is 23.2 Å². The summed E-state index contributed by atoms with van der Waals surface area (Å²) in [6.45, 7) is 0.702. The minimum atomic E-state index is -3.54. The second-order valence-corrected chi connectivity index (χ2v) is 10.7. The summed E-state index contributed by atoms with van der Waals surface area (Å²) in [5.41, 5.74) is 0.254. The summed E-state index contributed by atoms with van der Waals surface area (Å²) >= 11 is 0. The molecular formula is C23H28NO3P. The van der Waals surface area contributed by atoms with Crippen LogP contribution in [0.4, 0.5) is 0 Å². The van der Waals surface area contributed by atoms with Gasteiger partial charge in [-0.3, -0.25) is 0 Å². The molecule has 4 fully saturated rings. The van der Waals surface area contributed by atoms with Crippen LogP contribution < -0.4 is 14.1 Å². The highest BCUT2D eigenvalue weighted by Crippen LogP contribution is 2.60. The number of nitrogens with one attached hydrogen (secondary N) is 1. The van der Waals surface area contributed by atoms with Crippen LogP contribution in [0.25, 0.3) is 0 Å². The normalized spacial score (nSPS) is 30.9. The van der Waals surface area contributed by atoms with Crippen molar-refractivity contribution in [2.75, 3.05) is 6.54 Å². The molecule has 0 spiro atoms. The zero-order valence-electron chi connectivity index (χ0n) is 16.1. The molecule has 4 nitrogen and oxygen atoms in total. The minimum absolute atomic E-state index is 0.254. The molecule has 4 aliphatic rings. The van der Waals surface area contributed by atoms with Crippen molar-refractivity contribution in [3.05, 3.63) is 60.7 Å². The highest BCUT2D eigenvalue weighted by molar-refractivity contribution is 7.52. The summed E-state index contributed by atoms with van der Waals surface area (Å²) < 4.78 is 25.5. The molecule has 148 valence electrons. The van der Waals surface area contributed by atoms with Crippen LogP contribution in [0, 0.1) is 23.2 Å². The molecular weight excluding hydrogens is 369 g/mol. The fraction of sp³-hybridized carbons (Fsp3) is 0.478. The van der Waals surface area contributed by atoms with Gasteiger partial charge >= 0.3 is 7.75 Å². The number of benzene rings is 2. The Bertz CT molecular complexity index is 774. The molecule has 0 aliphatic heterocycles. The maximum Gasteiger partial charge on any atom is 0.512 e. The number of hydrogen-bond acceptors (Lipinski definition) is 3. The molecule has 6 rings (SSSR count). The topological polar surface area (TPSA) is 47.6 Å². The summed E-state index contributed by atoms with van der Waals surface area (Å²) in [6.07, 6.45) is 7.96. The first-order valence-corrected chi connectivity index (χ1v) is 12.0. The first-order valence-electron chi connectivity index (χ1n) is 10.4. The van der Waals surface area contributed by atoms with Gasteiger partial charge in [0.2, 0.25) is 0 Å². The average Bonchev–Trinajstić information content (AvgIpc) is 2.67. The smallest absolute Gasteiger partial charge is 0.405 e. The van der Waals surface area contributed by atoms with E-state index in [0.29, 0.717) is 18.0 Å². The summed E-state index contributed by atoms with van der Waals surface area (Å²) in [5, 5.41) is 3.26. The van der Waals surface area contributed by atoms with Crippen molar-refractivity contribution < 1.29 is 13.6 Å². The zero-order valence-corrected chi connectivity index (χ0v) is 17.0. The van der Waals surface area contributed by atoms with Crippen molar-refractivity contribution in [3.8, 4) is 11.5 Å². The van der Waals surface area contributed by atoms with Gasteiger partial charge in [-0.1, -0.05) is 36.4 Å². The van der Waals surface area contributed by atoms with E-state index in [1.165, 1.54) is 38.5 Å². The molecule has 0 atom stereocenters. The van der Waals surface area contributed by atoms with E-state index in [1.54, 1.807) is 0 Å². The van der Waals surface area contributed by atoms with E-state index < -0.39 is 7.75 Å². The van der Waals surface area contributed by atoms with Crippen LogP contribution >= 0.6 is 7.75 Å². The quantitative estimate of drug-likeness (QED) is 0.577. The van der Waals surface area contributed by atoms with E-state index in [9.17, 15) is 4.57 Å². The van der Waals surface area contributed by atoms with Crippen LogP contribution in [0.2, 0.25) is 0 Å². The summed E-state index contributed by atoms with van der Waals surface area (Å²) in [7, 11) is -3.54. The first-order chi connectivity index (χ1) is 13.6. The highest BCUT2D eigenvalue weighted by atomic mass is 31.2. The standard InChI is InChI=1S/C23H28NO3P/c25-28(26-21-7-3-1-4-8-21,27-22-9-5-2-6-10-22)24-17-23-14-18-11-19(15-23)13-20(12-18)16-23/h1-10,18-20H,11-17H2,(H,24,25). The summed E-state index contributed by atoms with van der Waals surface area (Å²) in [5.74, 6) is 3.69. The Hall–Kier alpha value is -1.77. The summed E-state index contributed by atoms with van der Waals surface area (Å²) in [4.78, 5) is 0. The highest BCUT2D eigenvalue weighted by Gasteiger charge is 2.51. The van der Waals surface area contributed by atoms with Gasteiger partial charge in [-0.15, -0.1) is 0 Å². The molecule has 0 aromatic heterocycles. The van der Waals surface area contributed by atoms with Crippen LogP contribution in [0.1, 0.15) is 38.5 Å². The Morgan fingerprint density at radius 1 is 0.786 bits per heavy atom. The van der Waals surface area contributed by atoms with Gasteiger partial charge in [-0.25, -0.2) is 9.65 Å². The monoisotopic (exact) mass is 397 g/mol. The van der Waals surface area contributed by atoms with Gasteiger partial charge in [0.15, 0.2) is 0 Å². The van der Waals surface area contributed by atoms with Gasteiger partial charge in [-0.2, -0.15) is 0 Å². The molecule has 4 bridgehead atoms. The van der Waals surface area contributed by atoms with Gasteiger partial charge in [0.25, 0.3) is 0 Å². The molecule has 0 heterocycles. The second-order valence-electron chi connectivity index (χ2n) is 9.06. The van der Waals surface area contributed by atoms with Gasteiger partial charge in [0, 0.05) is 6.54 Å². The van der Waals surface area contributed by atoms with E-state index in [1.807, 2.05) is 60.7 Å². The van der Waals surface area contributed by atoms with E-state index in [-0.39, 0.29) is 5.41 Å². The third-order valence-electron chi connectivity index (χ3n) is 6.75. The van der Waals surface area contributed by atoms with Crippen molar-refractivity contribution >= 4 is 7.75 Å². The van der Waals surface area contributed by atoms with Gasteiger partial charge < -0.3 is 9.05 Å². The van der Waals surface area contributed by atoms with Gasteiger partial charge in [-0.05, 0) is 86.0 Å². The Balaban J connectivity index is 1.35. The van der Waals surface area contributed by atoms with E-state index in [0.717, 1.165) is 17.8 Å². The molecule has 5 heteroatoms. The molecule has 0 saturated heterocycles. The Morgan fingerprint density at radius 3 is 1.64 bits per heavy atom. The molecule has 4 aliphatic carbocycles. The maximum absolute atomic E-state index is 13.7. The number of para-hydroxylation sites is 2. The lowest BCUT2D eigenvalue weighted by atomic mass is 9.50. The average molecular weight is 397 g/mol. The fourth-order valence-corrected chi connectivity index (χ4v) is 7.59. The third kappa shape index (κ3) is 3.86. The van der Waals surface area contributed by atoms with Crippen molar-refractivity contribution in [2.45, 2.75) is 38.5 Å². The number of hydrogen-bond donors (Lipinski definition) is 1. The second kappa shape index (κ2) is 7.24. The predicted molar refractivity (Wildman–Crippen MR) is 110 cm³/mol. The zero-order chi connectivity index (χ0) is 19.0. The molecule has 2 aromatic carbocycles. The Morgan fingerprint density at radius 2 is 1.21 bits per heavy atom. The fourth-order valence-electron chi connectivity index (χ4n) is 6.09. The lowest BCUT2D eigenvalue weighted by Crippen LogP contribution is -2.50. The first kappa shape index (κ1) is 18.3. The van der Waals surface area contributed by atoms with Crippen LogP contribution in [0.3, 0.4) is 0 Å².